The number of carbonyl (C=O) groups is 1. The Bertz CT molecular complexity index is 1090. The highest BCUT2D eigenvalue weighted by Gasteiger charge is 2.33. The van der Waals surface area contributed by atoms with Gasteiger partial charge < -0.3 is 19.7 Å². The highest BCUT2D eigenvalue weighted by atomic mass is 16.7. The summed E-state index contributed by atoms with van der Waals surface area (Å²) < 4.78 is 11.0. The molecule has 0 fully saturated rings. The molecule has 1 aromatic carbocycles. The SMILES string of the molecule is CN(C)CCNc1nc2cc3c(cc2c2c1C(=O)c1cnccc1-2)OCO3. The van der Waals surface area contributed by atoms with Crippen molar-refractivity contribution >= 4 is 22.5 Å². The topological polar surface area (TPSA) is 76.6 Å². The Morgan fingerprint density at radius 2 is 1.96 bits per heavy atom. The minimum absolute atomic E-state index is 0.0486. The third kappa shape index (κ3) is 2.43. The van der Waals surface area contributed by atoms with Crippen molar-refractivity contribution in [3.05, 3.63) is 41.7 Å². The average molecular weight is 362 g/mol. The number of ketones is 1. The number of hydrogen-bond donors (Lipinski definition) is 1. The Kier molecular flexibility index (Phi) is 3.51. The molecule has 3 aromatic rings. The molecule has 2 aromatic heterocycles. The van der Waals surface area contributed by atoms with Crippen LogP contribution in [-0.4, -0.2) is 54.6 Å². The Balaban J connectivity index is 1.75. The fourth-order valence-electron chi connectivity index (χ4n) is 3.61. The predicted molar refractivity (Wildman–Crippen MR) is 102 cm³/mol. The standard InChI is InChI=1S/C20H18N4O3/c1-24(2)6-5-22-20-18-17(11-3-4-21-9-13(11)19(18)25)12-7-15-16(27-10-26-15)8-14(12)23-20/h3-4,7-9H,5-6,10H2,1-2H3,(H,22,23). The lowest BCUT2D eigenvalue weighted by molar-refractivity contribution is 0.104. The van der Waals surface area contributed by atoms with Gasteiger partial charge in [-0.15, -0.1) is 0 Å². The highest BCUT2D eigenvalue weighted by molar-refractivity contribution is 6.28. The third-order valence-corrected chi connectivity index (χ3v) is 4.89. The van der Waals surface area contributed by atoms with Crippen LogP contribution in [0.2, 0.25) is 0 Å². The maximum Gasteiger partial charge on any atom is 0.231 e. The molecular weight excluding hydrogens is 344 g/mol. The Morgan fingerprint density at radius 1 is 1.15 bits per heavy atom. The molecule has 0 spiro atoms. The molecule has 1 aliphatic heterocycles. The number of pyridine rings is 2. The first kappa shape index (κ1) is 16.0. The summed E-state index contributed by atoms with van der Waals surface area (Å²) in [4.78, 5) is 24.1. The zero-order chi connectivity index (χ0) is 18.5. The van der Waals surface area contributed by atoms with E-state index in [1.807, 2.05) is 32.3 Å². The largest absolute Gasteiger partial charge is 0.454 e. The second-order valence-corrected chi connectivity index (χ2v) is 6.91. The zero-order valence-electron chi connectivity index (χ0n) is 15.1. The van der Waals surface area contributed by atoms with Gasteiger partial charge in [0.15, 0.2) is 17.3 Å². The van der Waals surface area contributed by atoms with E-state index in [0.717, 1.165) is 28.6 Å². The molecule has 136 valence electrons. The van der Waals surface area contributed by atoms with Crippen molar-refractivity contribution in [3.63, 3.8) is 0 Å². The summed E-state index contributed by atoms with van der Waals surface area (Å²) in [6.07, 6.45) is 3.33. The predicted octanol–water partition coefficient (Wildman–Crippen LogP) is 2.54. The van der Waals surface area contributed by atoms with Gasteiger partial charge in [-0.2, -0.15) is 0 Å². The van der Waals surface area contributed by atoms with Gasteiger partial charge in [-0.3, -0.25) is 9.78 Å². The van der Waals surface area contributed by atoms with Gasteiger partial charge in [0.05, 0.1) is 11.1 Å². The van der Waals surface area contributed by atoms with Gasteiger partial charge in [-0.1, -0.05) is 0 Å². The normalized spacial score (nSPS) is 14.0. The van der Waals surface area contributed by atoms with Crippen molar-refractivity contribution in [3.8, 4) is 22.6 Å². The molecule has 7 heteroatoms. The lowest BCUT2D eigenvalue weighted by atomic mass is 10.0. The van der Waals surface area contributed by atoms with Gasteiger partial charge in [0, 0.05) is 48.1 Å². The van der Waals surface area contributed by atoms with Crippen LogP contribution in [0.5, 0.6) is 11.5 Å². The van der Waals surface area contributed by atoms with Gasteiger partial charge in [0.25, 0.3) is 0 Å². The lowest BCUT2D eigenvalue weighted by Gasteiger charge is -2.15. The molecular formula is C20H18N4O3. The molecule has 5 rings (SSSR count). The van der Waals surface area contributed by atoms with E-state index in [1.165, 1.54) is 0 Å². The zero-order valence-corrected chi connectivity index (χ0v) is 15.1. The Morgan fingerprint density at radius 3 is 2.78 bits per heavy atom. The van der Waals surface area contributed by atoms with E-state index < -0.39 is 0 Å². The van der Waals surface area contributed by atoms with Crippen molar-refractivity contribution in [1.82, 2.24) is 14.9 Å². The van der Waals surface area contributed by atoms with Gasteiger partial charge in [-0.25, -0.2) is 4.98 Å². The molecule has 2 aliphatic rings. The number of hydrogen-bond acceptors (Lipinski definition) is 7. The molecule has 0 radical (unpaired) electrons. The fourth-order valence-corrected chi connectivity index (χ4v) is 3.61. The molecule has 3 heterocycles. The van der Waals surface area contributed by atoms with Crippen molar-refractivity contribution in [2.45, 2.75) is 0 Å². The van der Waals surface area contributed by atoms with E-state index in [-0.39, 0.29) is 12.6 Å². The van der Waals surface area contributed by atoms with Crippen LogP contribution >= 0.6 is 0 Å². The molecule has 0 amide bonds. The van der Waals surface area contributed by atoms with Crippen molar-refractivity contribution in [1.29, 1.82) is 0 Å². The van der Waals surface area contributed by atoms with E-state index in [0.29, 0.717) is 35.0 Å². The second kappa shape index (κ2) is 5.92. The molecule has 0 unspecified atom stereocenters. The molecule has 1 N–H and O–H groups in total. The van der Waals surface area contributed by atoms with Crippen LogP contribution < -0.4 is 14.8 Å². The summed E-state index contributed by atoms with van der Waals surface area (Å²) in [5, 5.41) is 4.22. The summed E-state index contributed by atoms with van der Waals surface area (Å²) in [7, 11) is 4.01. The van der Waals surface area contributed by atoms with Crippen LogP contribution in [0.1, 0.15) is 15.9 Å². The minimum atomic E-state index is -0.0486. The number of benzene rings is 1. The number of anilines is 1. The van der Waals surface area contributed by atoms with Crippen molar-refractivity contribution in [2.24, 2.45) is 0 Å². The number of fused-ring (bicyclic) bond motifs is 6. The summed E-state index contributed by atoms with van der Waals surface area (Å²) in [6, 6.07) is 5.67. The third-order valence-electron chi connectivity index (χ3n) is 4.89. The lowest BCUT2D eigenvalue weighted by Crippen LogP contribution is -2.22. The number of rotatable bonds is 4. The summed E-state index contributed by atoms with van der Waals surface area (Å²) >= 11 is 0. The second-order valence-electron chi connectivity index (χ2n) is 6.91. The molecule has 1 aliphatic carbocycles. The maximum atomic E-state index is 13.1. The van der Waals surface area contributed by atoms with Crippen molar-refractivity contribution in [2.75, 3.05) is 39.3 Å². The fraction of sp³-hybridized carbons (Fsp3) is 0.250. The summed E-state index contributed by atoms with van der Waals surface area (Å²) in [5.74, 6) is 1.90. The van der Waals surface area contributed by atoms with Crippen LogP contribution in [0.4, 0.5) is 5.82 Å². The first-order valence-corrected chi connectivity index (χ1v) is 8.78. The molecule has 7 nitrogen and oxygen atoms in total. The molecule has 27 heavy (non-hydrogen) atoms. The van der Waals surface area contributed by atoms with Gasteiger partial charge in [-0.05, 0) is 31.8 Å². The van der Waals surface area contributed by atoms with Crippen LogP contribution in [0.25, 0.3) is 22.0 Å². The molecule has 0 saturated heterocycles. The minimum Gasteiger partial charge on any atom is -0.454 e. The van der Waals surface area contributed by atoms with E-state index >= 15 is 0 Å². The number of nitrogens with one attached hydrogen (secondary N) is 1. The van der Waals surface area contributed by atoms with Crippen LogP contribution in [0.3, 0.4) is 0 Å². The first-order chi connectivity index (χ1) is 13.1. The average Bonchev–Trinajstić information content (AvgIpc) is 3.23. The van der Waals surface area contributed by atoms with Crippen molar-refractivity contribution < 1.29 is 14.3 Å². The first-order valence-electron chi connectivity index (χ1n) is 8.78. The van der Waals surface area contributed by atoms with Gasteiger partial charge in [0.1, 0.15) is 5.82 Å². The van der Waals surface area contributed by atoms with E-state index in [1.54, 1.807) is 12.4 Å². The molecule has 0 atom stereocenters. The van der Waals surface area contributed by atoms with Gasteiger partial charge >= 0.3 is 0 Å². The number of ether oxygens (including phenoxy) is 2. The summed E-state index contributed by atoms with van der Waals surface area (Å²) in [6.45, 7) is 1.71. The molecule has 0 bridgehead atoms. The Labute approximate surface area is 155 Å². The number of likely N-dealkylation sites (N-methyl/N-ethyl adjacent to an activating group) is 1. The Hall–Kier alpha value is -3.19. The quantitative estimate of drug-likeness (QED) is 0.598. The highest BCUT2D eigenvalue weighted by Crippen LogP contribution is 2.46. The van der Waals surface area contributed by atoms with E-state index in [4.69, 9.17) is 14.5 Å². The van der Waals surface area contributed by atoms with Gasteiger partial charge in [0.2, 0.25) is 6.79 Å². The van der Waals surface area contributed by atoms with Crippen LogP contribution in [0, 0.1) is 0 Å². The molecule has 0 saturated carbocycles. The summed E-state index contributed by atoms with van der Waals surface area (Å²) in [5.41, 5.74) is 3.74. The number of carbonyl (C=O) groups excluding carboxylic acids is 1. The number of aromatic nitrogens is 2. The van der Waals surface area contributed by atoms with E-state index in [2.05, 4.69) is 15.2 Å². The van der Waals surface area contributed by atoms with Crippen LogP contribution in [-0.2, 0) is 0 Å². The number of nitrogens with zero attached hydrogens (tertiary/aromatic N) is 3. The maximum absolute atomic E-state index is 13.1. The smallest absolute Gasteiger partial charge is 0.231 e. The monoisotopic (exact) mass is 362 g/mol. The van der Waals surface area contributed by atoms with E-state index in [9.17, 15) is 4.79 Å². The van der Waals surface area contributed by atoms with Crippen LogP contribution in [0.15, 0.2) is 30.6 Å².